The van der Waals surface area contributed by atoms with Crippen LogP contribution in [0.1, 0.15) is 78.6 Å². The maximum Gasteiger partial charge on any atom is 0.133 e. The van der Waals surface area contributed by atoms with Gasteiger partial charge in [0.1, 0.15) is 5.78 Å². The van der Waals surface area contributed by atoms with Gasteiger partial charge in [-0.3, -0.25) is 4.79 Å². The van der Waals surface area contributed by atoms with Crippen LogP contribution in [0.5, 0.6) is 0 Å². The van der Waals surface area contributed by atoms with Crippen LogP contribution in [-0.2, 0) is 4.79 Å². The van der Waals surface area contributed by atoms with Crippen LogP contribution in [-0.4, -0.2) is 5.78 Å². The number of carbonyl (C=O) groups excluding carboxylic acids is 1. The van der Waals surface area contributed by atoms with E-state index in [9.17, 15) is 4.79 Å². The van der Waals surface area contributed by atoms with Crippen molar-refractivity contribution in [2.45, 2.75) is 78.6 Å². The molecule has 0 amide bonds. The van der Waals surface area contributed by atoms with Gasteiger partial charge in [-0.1, -0.05) is 26.0 Å². The van der Waals surface area contributed by atoms with Crippen LogP contribution in [0.3, 0.4) is 0 Å². The highest BCUT2D eigenvalue weighted by Crippen LogP contribution is 2.67. The Kier molecular flexibility index (Phi) is 3.60. The maximum atomic E-state index is 12.0. The van der Waals surface area contributed by atoms with E-state index in [0.717, 1.165) is 36.5 Å². The first kappa shape index (κ1) is 15.9. The van der Waals surface area contributed by atoms with Gasteiger partial charge in [-0.2, -0.15) is 0 Å². The van der Waals surface area contributed by atoms with Crippen molar-refractivity contribution in [3.63, 3.8) is 0 Å². The summed E-state index contributed by atoms with van der Waals surface area (Å²) in [5.74, 6) is 4.71. The summed E-state index contributed by atoms with van der Waals surface area (Å²) < 4.78 is 0. The Morgan fingerprint density at radius 2 is 1.74 bits per heavy atom. The Morgan fingerprint density at radius 3 is 2.48 bits per heavy atom. The number of hydrogen-bond acceptors (Lipinski definition) is 1. The van der Waals surface area contributed by atoms with Crippen molar-refractivity contribution in [2.75, 3.05) is 0 Å². The quantitative estimate of drug-likeness (QED) is 0.560. The summed E-state index contributed by atoms with van der Waals surface area (Å²) in [7, 11) is 0. The predicted octanol–water partition coefficient (Wildman–Crippen LogP) is 5.79. The molecule has 0 spiro atoms. The lowest BCUT2D eigenvalue weighted by molar-refractivity contribution is -0.139. The monoisotopic (exact) mass is 314 g/mol. The molecule has 4 rings (SSSR count). The highest BCUT2D eigenvalue weighted by atomic mass is 16.1. The van der Waals surface area contributed by atoms with Crippen molar-refractivity contribution in [3.8, 4) is 0 Å². The van der Waals surface area contributed by atoms with Gasteiger partial charge >= 0.3 is 0 Å². The predicted molar refractivity (Wildman–Crippen MR) is 95.0 cm³/mol. The molecule has 0 N–H and O–H groups in total. The van der Waals surface area contributed by atoms with E-state index in [1.807, 2.05) is 0 Å². The largest absolute Gasteiger partial charge is 0.300 e. The first-order chi connectivity index (χ1) is 10.9. The zero-order chi connectivity index (χ0) is 16.4. The highest BCUT2D eigenvalue weighted by Gasteiger charge is 2.60. The third-order valence-electron chi connectivity index (χ3n) is 9.08. The molecule has 0 saturated heterocycles. The molecule has 0 radical (unpaired) electrons. The van der Waals surface area contributed by atoms with Crippen molar-refractivity contribution in [1.29, 1.82) is 0 Å². The fourth-order valence-electron chi connectivity index (χ4n) is 7.85. The molecule has 4 fully saturated rings. The van der Waals surface area contributed by atoms with E-state index < -0.39 is 0 Å². The number of fused-ring (bicyclic) bond motifs is 5. The molecule has 0 aromatic heterocycles. The minimum atomic E-state index is 0.458. The molecule has 7 atom stereocenters. The number of ketones is 1. The van der Waals surface area contributed by atoms with Crippen molar-refractivity contribution in [2.24, 2.45) is 40.4 Å². The summed E-state index contributed by atoms with van der Waals surface area (Å²) in [4.78, 5) is 12.0. The zero-order valence-corrected chi connectivity index (χ0v) is 15.4. The summed E-state index contributed by atoms with van der Waals surface area (Å²) in [6.07, 6.45) is 11.2. The fourth-order valence-corrected chi connectivity index (χ4v) is 7.85. The van der Waals surface area contributed by atoms with Gasteiger partial charge in [-0.25, -0.2) is 0 Å². The first-order valence-corrected chi connectivity index (χ1v) is 10.0. The van der Waals surface area contributed by atoms with Crippen molar-refractivity contribution in [3.05, 3.63) is 12.2 Å². The van der Waals surface area contributed by atoms with Crippen LogP contribution in [0.2, 0.25) is 0 Å². The Bertz CT molecular complexity index is 534. The van der Waals surface area contributed by atoms with Crippen LogP contribution in [0.25, 0.3) is 0 Å². The normalized spacial score (nSPS) is 52.5. The van der Waals surface area contributed by atoms with Crippen molar-refractivity contribution < 1.29 is 4.79 Å². The molecule has 0 bridgehead atoms. The average Bonchev–Trinajstić information content (AvgIpc) is 2.85. The second-order valence-corrected chi connectivity index (χ2v) is 9.92. The smallest absolute Gasteiger partial charge is 0.133 e. The van der Waals surface area contributed by atoms with Crippen molar-refractivity contribution in [1.82, 2.24) is 0 Å². The summed E-state index contributed by atoms with van der Waals surface area (Å²) in [5.41, 5.74) is 2.40. The topological polar surface area (TPSA) is 17.1 Å². The molecule has 0 heterocycles. The van der Waals surface area contributed by atoms with Crippen molar-refractivity contribution >= 4 is 5.78 Å². The van der Waals surface area contributed by atoms with Crippen LogP contribution in [0.15, 0.2) is 12.2 Å². The van der Waals surface area contributed by atoms with Gasteiger partial charge in [0.2, 0.25) is 0 Å². The molecule has 4 saturated carbocycles. The summed E-state index contributed by atoms with van der Waals surface area (Å²) in [6, 6.07) is 0. The van der Waals surface area contributed by atoms with E-state index in [4.69, 9.17) is 0 Å². The van der Waals surface area contributed by atoms with Crippen LogP contribution >= 0.6 is 0 Å². The number of carbonyl (C=O) groups is 1. The average molecular weight is 315 g/mol. The number of hydrogen-bond donors (Lipinski definition) is 0. The third kappa shape index (κ3) is 2.14. The lowest BCUT2D eigenvalue weighted by atomic mass is 9.44. The standard InChI is InChI=1S/C22H34O/c1-14(2)18-7-8-19-17-6-5-15-13-16(23)9-11-21(15,3)20(17)10-12-22(18,19)4/h15,17-20H,1,5-13H2,2-4H3/t15-,17-,18+,19-,20-,21-,22+/m0/s1. The Hall–Kier alpha value is -0.590. The fraction of sp³-hybridized carbons (Fsp3) is 0.864. The molecular formula is C22H34O. The number of Topliss-reactive ketones (excluding diaryl/α,β-unsaturated/α-hetero) is 1. The third-order valence-corrected chi connectivity index (χ3v) is 9.08. The molecule has 128 valence electrons. The van der Waals surface area contributed by atoms with Crippen LogP contribution in [0, 0.1) is 40.4 Å². The van der Waals surface area contributed by atoms with E-state index in [0.29, 0.717) is 22.5 Å². The summed E-state index contributed by atoms with van der Waals surface area (Å²) in [6.45, 7) is 11.7. The van der Waals surface area contributed by atoms with Gasteiger partial charge in [-0.15, -0.1) is 0 Å². The lowest BCUT2D eigenvalue weighted by Crippen LogP contribution is -2.53. The van der Waals surface area contributed by atoms with Gasteiger partial charge < -0.3 is 0 Å². The minimum absolute atomic E-state index is 0.458. The Balaban J connectivity index is 1.63. The second kappa shape index (κ2) is 5.20. The first-order valence-electron chi connectivity index (χ1n) is 10.0. The molecule has 0 unspecified atom stereocenters. The molecule has 4 aliphatic rings. The number of allylic oxidation sites excluding steroid dienone is 1. The Morgan fingerprint density at radius 1 is 1.00 bits per heavy atom. The molecule has 4 aliphatic carbocycles. The molecule has 23 heavy (non-hydrogen) atoms. The number of rotatable bonds is 1. The van der Waals surface area contributed by atoms with Gasteiger partial charge in [0.15, 0.2) is 0 Å². The van der Waals surface area contributed by atoms with E-state index in [1.165, 1.54) is 50.5 Å². The van der Waals surface area contributed by atoms with Gasteiger partial charge in [-0.05, 0) is 92.3 Å². The summed E-state index contributed by atoms with van der Waals surface area (Å²) in [5, 5.41) is 0. The molecule has 0 aliphatic heterocycles. The van der Waals surface area contributed by atoms with Crippen LogP contribution in [0.4, 0.5) is 0 Å². The van der Waals surface area contributed by atoms with E-state index in [1.54, 1.807) is 0 Å². The molecule has 1 nitrogen and oxygen atoms in total. The van der Waals surface area contributed by atoms with Gasteiger partial charge in [0, 0.05) is 12.8 Å². The van der Waals surface area contributed by atoms with E-state index in [2.05, 4.69) is 27.4 Å². The second-order valence-electron chi connectivity index (χ2n) is 9.92. The zero-order valence-electron chi connectivity index (χ0n) is 15.4. The lowest BCUT2D eigenvalue weighted by Gasteiger charge is -2.60. The maximum absolute atomic E-state index is 12.0. The van der Waals surface area contributed by atoms with Crippen LogP contribution < -0.4 is 0 Å². The van der Waals surface area contributed by atoms with E-state index in [-0.39, 0.29) is 0 Å². The SMILES string of the molecule is C=C(C)[C@H]1CC[C@H]2[C@@H]3CC[C@H]4CC(=O)CC[C@]4(C)[C@H]3CC[C@]12C. The molecule has 0 aromatic rings. The van der Waals surface area contributed by atoms with E-state index >= 15 is 0 Å². The minimum Gasteiger partial charge on any atom is -0.300 e. The Labute approximate surface area is 142 Å². The highest BCUT2D eigenvalue weighted by molar-refractivity contribution is 5.79. The molecular weight excluding hydrogens is 280 g/mol. The summed E-state index contributed by atoms with van der Waals surface area (Å²) >= 11 is 0. The molecule has 1 heteroatoms. The van der Waals surface area contributed by atoms with Gasteiger partial charge in [0.05, 0.1) is 0 Å². The van der Waals surface area contributed by atoms with Gasteiger partial charge in [0.25, 0.3) is 0 Å². The molecule has 0 aromatic carbocycles.